The highest BCUT2D eigenvalue weighted by Crippen LogP contribution is 2.14. The molecule has 1 N–H and O–H groups in total. The average Bonchev–Trinajstić information content (AvgIpc) is 2.52. The molecule has 1 heterocycles. The molecule has 2 rings (SSSR count). The lowest BCUT2D eigenvalue weighted by Gasteiger charge is -2.36. The van der Waals surface area contributed by atoms with Crippen LogP contribution in [0.2, 0.25) is 0 Å². The molecule has 8 heteroatoms. The van der Waals surface area contributed by atoms with E-state index in [0.29, 0.717) is 18.7 Å². The molecule has 0 saturated carbocycles. The van der Waals surface area contributed by atoms with E-state index in [-0.39, 0.29) is 28.8 Å². The number of ketones is 1. The van der Waals surface area contributed by atoms with Gasteiger partial charge in [-0.25, -0.2) is 8.42 Å². The van der Waals surface area contributed by atoms with Crippen LogP contribution in [0, 0.1) is 0 Å². The van der Waals surface area contributed by atoms with Crippen molar-refractivity contribution in [1.29, 1.82) is 0 Å². The minimum atomic E-state index is -3.85. The van der Waals surface area contributed by atoms with E-state index in [1.54, 1.807) is 4.90 Å². The highest BCUT2D eigenvalue weighted by atomic mass is 32.2. The normalized spacial score (nSPS) is 22.5. The van der Waals surface area contributed by atoms with Gasteiger partial charge in [-0.3, -0.25) is 9.59 Å². The largest absolute Gasteiger partial charge is 0.372 e. The summed E-state index contributed by atoms with van der Waals surface area (Å²) in [6.45, 7) is 7.55. The summed E-state index contributed by atoms with van der Waals surface area (Å²) in [5, 5.41) is 0. The van der Waals surface area contributed by atoms with Gasteiger partial charge >= 0.3 is 0 Å². The Morgan fingerprint density at radius 3 is 2.16 bits per heavy atom. The number of carbonyl (C=O) groups is 2. The molecule has 0 radical (unpaired) electrons. The van der Waals surface area contributed by atoms with E-state index in [2.05, 4.69) is 4.72 Å². The molecule has 3 atom stereocenters. The molecule has 0 unspecified atom stereocenters. The summed E-state index contributed by atoms with van der Waals surface area (Å²) in [5.74, 6) is -0.429. The molecule has 0 spiro atoms. The number of nitrogens with one attached hydrogen (secondary N) is 1. The molecule has 25 heavy (non-hydrogen) atoms. The van der Waals surface area contributed by atoms with Gasteiger partial charge in [-0.2, -0.15) is 4.72 Å². The van der Waals surface area contributed by atoms with E-state index in [0.717, 1.165) is 0 Å². The summed E-state index contributed by atoms with van der Waals surface area (Å²) in [6, 6.07) is 4.73. The summed E-state index contributed by atoms with van der Waals surface area (Å²) >= 11 is 0. The number of amides is 1. The molecule has 1 saturated heterocycles. The summed E-state index contributed by atoms with van der Waals surface area (Å²) in [4.78, 5) is 25.4. The highest BCUT2D eigenvalue weighted by molar-refractivity contribution is 7.89. The molecule has 138 valence electrons. The number of hydrogen-bond acceptors (Lipinski definition) is 5. The number of benzene rings is 1. The van der Waals surface area contributed by atoms with Crippen LogP contribution in [0.5, 0.6) is 0 Å². The molecule has 1 amide bonds. The van der Waals surface area contributed by atoms with Crippen LogP contribution >= 0.6 is 0 Å². The molecule has 0 aliphatic carbocycles. The van der Waals surface area contributed by atoms with Crippen molar-refractivity contribution in [3.05, 3.63) is 29.8 Å². The van der Waals surface area contributed by atoms with Crippen molar-refractivity contribution >= 4 is 21.7 Å². The standard InChI is InChI=1S/C17H24N2O5S/c1-11-9-19(10-12(2)24-11)17(21)13(3)18-25(22,23)16-7-5-15(6-8-16)14(4)20/h5-8,11-13,18H,9-10H2,1-4H3/t11-,12-,13+/m0/s1. The Bertz CT molecular complexity index is 735. The maximum absolute atomic E-state index is 12.5. The third kappa shape index (κ3) is 4.87. The first kappa shape index (κ1) is 19.6. The molecule has 1 aromatic carbocycles. The van der Waals surface area contributed by atoms with E-state index in [1.807, 2.05) is 13.8 Å². The first-order valence-corrected chi connectivity index (χ1v) is 9.66. The molecular weight excluding hydrogens is 344 g/mol. The van der Waals surface area contributed by atoms with Crippen molar-refractivity contribution < 1.29 is 22.7 Å². The van der Waals surface area contributed by atoms with E-state index in [4.69, 9.17) is 4.74 Å². The van der Waals surface area contributed by atoms with E-state index in [9.17, 15) is 18.0 Å². The lowest BCUT2D eigenvalue weighted by Crippen LogP contribution is -2.54. The van der Waals surface area contributed by atoms with Crippen LogP contribution in [0.25, 0.3) is 0 Å². The van der Waals surface area contributed by atoms with Crippen LogP contribution in [-0.2, 0) is 19.6 Å². The topological polar surface area (TPSA) is 92.8 Å². The Morgan fingerprint density at radius 1 is 1.16 bits per heavy atom. The number of carbonyl (C=O) groups excluding carboxylic acids is 2. The summed E-state index contributed by atoms with van der Waals surface area (Å²) < 4.78 is 32.9. The summed E-state index contributed by atoms with van der Waals surface area (Å²) in [6.07, 6.45) is -0.175. The molecule has 0 aromatic heterocycles. The Kier molecular flexibility index (Phi) is 5.97. The maximum atomic E-state index is 12.5. The van der Waals surface area contributed by atoms with Crippen LogP contribution in [0.4, 0.5) is 0 Å². The van der Waals surface area contributed by atoms with Gasteiger partial charge in [-0.05, 0) is 39.8 Å². The van der Waals surface area contributed by atoms with Crippen LogP contribution in [-0.4, -0.2) is 56.3 Å². The Hall–Kier alpha value is -1.77. The van der Waals surface area contributed by atoms with Crippen LogP contribution in [0.3, 0.4) is 0 Å². The van der Waals surface area contributed by atoms with E-state index >= 15 is 0 Å². The third-order valence-corrected chi connectivity index (χ3v) is 5.56. The van der Waals surface area contributed by atoms with Crippen molar-refractivity contribution in [3.63, 3.8) is 0 Å². The number of ether oxygens (including phenoxy) is 1. The Labute approximate surface area is 148 Å². The molecular formula is C17H24N2O5S. The first-order valence-electron chi connectivity index (χ1n) is 8.17. The highest BCUT2D eigenvalue weighted by Gasteiger charge is 2.30. The number of Topliss-reactive ketones (excluding diaryl/α,β-unsaturated/α-hetero) is 1. The first-order chi connectivity index (χ1) is 11.6. The number of hydrogen-bond donors (Lipinski definition) is 1. The summed E-state index contributed by atoms with van der Waals surface area (Å²) in [5.41, 5.74) is 0.430. The quantitative estimate of drug-likeness (QED) is 0.788. The van der Waals surface area contributed by atoms with E-state index in [1.165, 1.54) is 38.1 Å². The van der Waals surface area contributed by atoms with Crippen LogP contribution in [0.1, 0.15) is 38.1 Å². The van der Waals surface area contributed by atoms with Crippen molar-refractivity contribution in [2.24, 2.45) is 0 Å². The molecule has 1 aliphatic heterocycles. The average molecular weight is 368 g/mol. The molecule has 1 aromatic rings. The maximum Gasteiger partial charge on any atom is 0.241 e. The number of rotatable bonds is 5. The van der Waals surface area contributed by atoms with Crippen LogP contribution in [0.15, 0.2) is 29.2 Å². The summed E-state index contributed by atoms with van der Waals surface area (Å²) in [7, 11) is -3.85. The monoisotopic (exact) mass is 368 g/mol. The minimum absolute atomic E-state index is 0.0147. The van der Waals surface area contributed by atoms with Gasteiger partial charge in [0.15, 0.2) is 5.78 Å². The second-order valence-electron chi connectivity index (χ2n) is 6.42. The van der Waals surface area contributed by atoms with Crippen molar-refractivity contribution in [1.82, 2.24) is 9.62 Å². The fraction of sp³-hybridized carbons (Fsp3) is 0.529. The lowest BCUT2D eigenvalue weighted by molar-refractivity contribution is -0.144. The zero-order chi connectivity index (χ0) is 18.8. The van der Waals surface area contributed by atoms with Crippen LogP contribution < -0.4 is 4.72 Å². The molecule has 0 bridgehead atoms. The Balaban J connectivity index is 2.08. The lowest BCUT2D eigenvalue weighted by atomic mass is 10.2. The fourth-order valence-electron chi connectivity index (χ4n) is 2.85. The predicted octanol–water partition coefficient (Wildman–Crippen LogP) is 1.19. The van der Waals surface area contributed by atoms with Gasteiger partial charge in [0, 0.05) is 18.7 Å². The van der Waals surface area contributed by atoms with Crippen molar-refractivity contribution in [2.45, 2.75) is 50.8 Å². The molecule has 7 nitrogen and oxygen atoms in total. The number of morpholine rings is 1. The van der Waals surface area contributed by atoms with Gasteiger partial charge in [-0.1, -0.05) is 12.1 Å². The second kappa shape index (κ2) is 7.63. The van der Waals surface area contributed by atoms with Gasteiger partial charge < -0.3 is 9.64 Å². The number of sulfonamides is 1. The van der Waals surface area contributed by atoms with Gasteiger partial charge in [0.05, 0.1) is 23.1 Å². The fourth-order valence-corrected chi connectivity index (χ4v) is 4.05. The number of nitrogens with zero attached hydrogens (tertiary/aromatic N) is 1. The second-order valence-corrected chi connectivity index (χ2v) is 8.14. The smallest absolute Gasteiger partial charge is 0.241 e. The van der Waals surface area contributed by atoms with Gasteiger partial charge in [0.25, 0.3) is 0 Å². The molecule has 1 aliphatic rings. The van der Waals surface area contributed by atoms with Gasteiger partial charge in [0.1, 0.15) is 0 Å². The zero-order valence-electron chi connectivity index (χ0n) is 14.9. The predicted molar refractivity (Wildman–Crippen MR) is 92.8 cm³/mol. The van der Waals surface area contributed by atoms with Gasteiger partial charge in [0.2, 0.25) is 15.9 Å². The Morgan fingerprint density at radius 2 is 1.68 bits per heavy atom. The third-order valence-electron chi connectivity index (χ3n) is 4.00. The SMILES string of the molecule is CC(=O)c1ccc(S(=O)(=O)N[C@H](C)C(=O)N2C[C@H](C)O[C@@H](C)C2)cc1. The van der Waals surface area contributed by atoms with Gasteiger partial charge in [-0.15, -0.1) is 0 Å². The van der Waals surface area contributed by atoms with Crippen molar-refractivity contribution in [3.8, 4) is 0 Å². The van der Waals surface area contributed by atoms with E-state index < -0.39 is 16.1 Å². The minimum Gasteiger partial charge on any atom is -0.372 e. The molecule has 1 fully saturated rings. The van der Waals surface area contributed by atoms with Crippen molar-refractivity contribution in [2.75, 3.05) is 13.1 Å². The zero-order valence-corrected chi connectivity index (χ0v) is 15.7.